The lowest BCUT2D eigenvalue weighted by Crippen LogP contribution is -2.24. The van der Waals surface area contributed by atoms with Crippen LogP contribution < -0.4 is 15.5 Å². The quantitative estimate of drug-likeness (QED) is 0.276. The Hall–Kier alpha value is -3.45. The molecule has 31 heavy (non-hydrogen) atoms. The van der Waals surface area contributed by atoms with Gasteiger partial charge in [0.2, 0.25) is 11.8 Å². The van der Waals surface area contributed by atoms with Crippen molar-refractivity contribution in [3.8, 4) is 5.75 Å². The van der Waals surface area contributed by atoms with E-state index in [1.165, 1.54) is 6.21 Å². The molecule has 0 spiro atoms. The van der Waals surface area contributed by atoms with Crippen LogP contribution in [-0.2, 0) is 16.2 Å². The third-order valence-corrected chi connectivity index (χ3v) is 4.79. The van der Waals surface area contributed by atoms with Crippen LogP contribution in [0.25, 0.3) is 0 Å². The van der Waals surface area contributed by atoms with Crippen LogP contribution in [0.5, 0.6) is 5.75 Å². The predicted octanol–water partition coefficient (Wildman–Crippen LogP) is 4.82. The van der Waals surface area contributed by atoms with E-state index in [9.17, 15) is 9.59 Å². The van der Waals surface area contributed by atoms with E-state index in [2.05, 4.69) is 31.8 Å². The van der Waals surface area contributed by atoms with Gasteiger partial charge in [-0.25, -0.2) is 5.43 Å². The van der Waals surface area contributed by atoms with Gasteiger partial charge in [0, 0.05) is 10.2 Å². The first-order valence-electron chi connectivity index (χ1n) is 9.64. The van der Waals surface area contributed by atoms with Crippen molar-refractivity contribution in [3.63, 3.8) is 0 Å². The molecule has 0 fully saturated rings. The molecule has 0 bridgehead atoms. The zero-order valence-corrected chi connectivity index (χ0v) is 18.6. The van der Waals surface area contributed by atoms with Crippen molar-refractivity contribution in [3.05, 3.63) is 94.0 Å². The third-order valence-electron chi connectivity index (χ3n) is 4.26. The second kappa shape index (κ2) is 11.1. The maximum absolute atomic E-state index is 11.9. The van der Waals surface area contributed by atoms with Gasteiger partial charge in [0.05, 0.1) is 6.21 Å². The number of anilines is 1. The van der Waals surface area contributed by atoms with Crippen LogP contribution in [0.4, 0.5) is 5.69 Å². The van der Waals surface area contributed by atoms with Crippen molar-refractivity contribution in [2.24, 2.45) is 5.10 Å². The molecule has 0 heterocycles. The number of hydrazone groups is 1. The number of benzene rings is 3. The van der Waals surface area contributed by atoms with Crippen LogP contribution in [0.1, 0.15) is 23.1 Å². The Morgan fingerprint density at radius 2 is 1.61 bits per heavy atom. The van der Waals surface area contributed by atoms with Gasteiger partial charge >= 0.3 is 0 Å². The molecular weight excluding hydrogens is 458 g/mol. The second-order valence-electron chi connectivity index (χ2n) is 6.87. The Kier molecular flexibility index (Phi) is 7.95. The molecule has 0 saturated carbocycles. The molecule has 6 nitrogen and oxygen atoms in total. The number of aryl methyl sites for hydroxylation is 1. The monoisotopic (exact) mass is 479 g/mol. The highest BCUT2D eigenvalue weighted by Crippen LogP contribution is 2.15. The summed E-state index contributed by atoms with van der Waals surface area (Å²) in [7, 11) is 0. The number of nitrogens with zero attached hydrogens (tertiary/aromatic N) is 1. The summed E-state index contributed by atoms with van der Waals surface area (Å²) in [5.41, 5.74) is 5.96. The molecule has 2 amide bonds. The summed E-state index contributed by atoms with van der Waals surface area (Å²) in [6, 6.07) is 22.6. The average molecular weight is 480 g/mol. The molecule has 2 N–H and O–H groups in total. The highest BCUT2D eigenvalue weighted by atomic mass is 79.9. The molecule has 7 heteroatoms. The lowest BCUT2D eigenvalue weighted by Gasteiger charge is -2.06. The number of amides is 2. The number of carbonyl (C=O) groups is 2. The third kappa shape index (κ3) is 7.71. The molecule has 158 valence electrons. The van der Waals surface area contributed by atoms with E-state index in [1.54, 1.807) is 12.1 Å². The van der Waals surface area contributed by atoms with Crippen molar-refractivity contribution in [1.29, 1.82) is 0 Å². The number of rotatable bonds is 8. The fourth-order valence-corrected chi connectivity index (χ4v) is 2.87. The number of hydrogen-bond acceptors (Lipinski definition) is 4. The van der Waals surface area contributed by atoms with E-state index in [1.807, 2.05) is 67.6 Å². The zero-order valence-electron chi connectivity index (χ0n) is 17.0. The maximum Gasteiger partial charge on any atom is 0.249 e. The Morgan fingerprint density at radius 3 is 2.29 bits per heavy atom. The number of halogens is 1. The number of nitrogens with one attached hydrogen (secondary N) is 2. The normalized spacial score (nSPS) is 10.6. The molecule has 0 aliphatic rings. The molecule has 0 aromatic heterocycles. The van der Waals surface area contributed by atoms with Gasteiger partial charge in [-0.05, 0) is 66.6 Å². The van der Waals surface area contributed by atoms with E-state index < -0.39 is 11.8 Å². The van der Waals surface area contributed by atoms with Crippen LogP contribution in [0.15, 0.2) is 82.4 Å². The summed E-state index contributed by atoms with van der Waals surface area (Å²) in [6.45, 7) is 2.43. The largest absolute Gasteiger partial charge is 0.489 e. The summed E-state index contributed by atoms with van der Waals surface area (Å²) in [4.78, 5) is 23.8. The van der Waals surface area contributed by atoms with Gasteiger partial charge in [-0.2, -0.15) is 5.10 Å². The predicted molar refractivity (Wildman–Crippen MR) is 125 cm³/mol. The summed E-state index contributed by atoms with van der Waals surface area (Å²) < 4.78 is 6.78. The zero-order chi connectivity index (χ0) is 22.1. The lowest BCUT2D eigenvalue weighted by atomic mass is 10.2. The Balaban J connectivity index is 1.41. The molecule has 3 aromatic carbocycles. The summed E-state index contributed by atoms with van der Waals surface area (Å²) in [5, 5.41) is 6.57. The second-order valence-corrected chi connectivity index (χ2v) is 7.78. The standard InChI is InChI=1S/C24H22BrN3O3/c1-17-2-10-21(11-3-17)27-23(29)14-24(30)28-26-15-18-6-12-22(13-7-18)31-16-19-4-8-20(25)9-5-19/h2-13,15H,14,16H2,1H3,(H,27,29)(H,28,30). The Labute approximate surface area is 189 Å². The minimum atomic E-state index is -0.490. The summed E-state index contributed by atoms with van der Waals surface area (Å²) in [6.07, 6.45) is 1.20. The number of ether oxygens (including phenoxy) is 1. The lowest BCUT2D eigenvalue weighted by molar-refractivity contribution is -0.126. The van der Waals surface area contributed by atoms with Gasteiger partial charge in [0.1, 0.15) is 18.8 Å². The van der Waals surface area contributed by atoms with Gasteiger partial charge < -0.3 is 10.1 Å². The van der Waals surface area contributed by atoms with E-state index in [4.69, 9.17) is 4.74 Å². The van der Waals surface area contributed by atoms with Crippen molar-refractivity contribution in [2.45, 2.75) is 20.0 Å². The molecule has 0 aliphatic heterocycles. The molecule has 0 radical (unpaired) electrons. The van der Waals surface area contributed by atoms with Gasteiger partial charge in [-0.1, -0.05) is 45.8 Å². The molecular formula is C24H22BrN3O3. The minimum Gasteiger partial charge on any atom is -0.489 e. The average Bonchev–Trinajstić information content (AvgIpc) is 2.76. The fraction of sp³-hybridized carbons (Fsp3) is 0.125. The minimum absolute atomic E-state index is 0.311. The fourth-order valence-electron chi connectivity index (χ4n) is 2.60. The van der Waals surface area contributed by atoms with Crippen LogP contribution in [0.2, 0.25) is 0 Å². The van der Waals surface area contributed by atoms with E-state index in [0.717, 1.165) is 26.9 Å². The van der Waals surface area contributed by atoms with Crippen molar-refractivity contribution in [1.82, 2.24) is 5.43 Å². The maximum atomic E-state index is 11.9. The van der Waals surface area contributed by atoms with Crippen molar-refractivity contribution >= 4 is 39.6 Å². The molecule has 3 aromatic rings. The first-order valence-corrected chi connectivity index (χ1v) is 10.4. The summed E-state index contributed by atoms with van der Waals surface area (Å²) in [5.74, 6) is -0.156. The van der Waals surface area contributed by atoms with Gasteiger partial charge in [-0.15, -0.1) is 0 Å². The smallest absolute Gasteiger partial charge is 0.249 e. The SMILES string of the molecule is Cc1ccc(NC(=O)CC(=O)NN=Cc2ccc(OCc3ccc(Br)cc3)cc2)cc1. The Morgan fingerprint density at radius 1 is 0.935 bits per heavy atom. The van der Waals surface area contributed by atoms with Crippen LogP contribution in [0, 0.1) is 6.92 Å². The van der Waals surface area contributed by atoms with E-state index in [-0.39, 0.29) is 6.42 Å². The van der Waals surface area contributed by atoms with Gasteiger partial charge in [0.25, 0.3) is 0 Å². The van der Waals surface area contributed by atoms with Crippen LogP contribution in [0.3, 0.4) is 0 Å². The molecule has 0 aliphatic carbocycles. The first kappa shape index (κ1) is 22.2. The van der Waals surface area contributed by atoms with E-state index in [0.29, 0.717) is 12.3 Å². The number of carbonyl (C=O) groups excluding carboxylic acids is 2. The van der Waals surface area contributed by atoms with Crippen LogP contribution >= 0.6 is 15.9 Å². The highest BCUT2D eigenvalue weighted by molar-refractivity contribution is 9.10. The van der Waals surface area contributed by atoms with Crippen LogP contribution in [-0.4, -0.2) is 18.0 Å². The topological polar surface area (TPSA) is 79.8 Å². The molecule has 0 unspecified atom stereocenters. The highest BCUT2D eigenvalue weighted by Gasteiger charge is 2.08. The Bertz CT molecular complexity index is 1050. The van der Waals surface area contributed by atoms with Crippen molar-refractivity contribution < 1.29 is 14.3 Å². The van der Waals surface area contributed by atoms with Crippen molar-refractivity contribution in [2.75, 3.05) is 5.32 Å². The molecule has 0 atom stereocenters. The number of hydrogen-bond donors (Lipinski definition) is 2. The van der Waals surface area contributed by atoms with Gasteiger partial charge in [-0.3, -0.25) is 9.59 Å². The molecule has 0 saturated heterocycles. The first-order chi connectivity index (χ1) is 15.0. The van der Waals surface area contributed by atoms with E-state index >= 15 is 0 Å². The van der Waals surface area contributed by atoms with Gasteiger partial charge in [0.15, 0.2) is 0 Å². The summed E-state index contributed by atoms with van der Waals surface area (Å²) >= 11 is 3.41. The molecule has 3 rings (SSSR count).